The first-order valence-corrected chi connectivity index (χ1v) is 6.24. The maximum atomic E-state index is 11.7. The Balaban J connectivity index is 3.52. The summed E-state index contributed by atoms with van der Waals surface area (Å²) in [5.41, 5.74) is 0. The number of likely N-dealkylation sites (N-methyl/N-ethyl adjacent to an activating group) is 1. The Bertz CT molecular complexity index is 232. The maximum Gasteiger partial charge on any atom is 0.222 e. The van der Waals surface area contributed by atoms with Crippen LogP contribution in [0.4, 0.5) is 0 Å². The fourth-order valence-corrected chi connectivity index (χ4v) is 1.58. The van der Waals surface area contributed by atoms with Crippen molar-refractivity contribution in [3.63, 3.8) is 0 Å². The lowest BCUT2D eigenvalue weighted by Crippen LogP contribution is -2.33. The smallest absolute Gasteiger partial charge is 0.222 e. The molecule has 0 aliphatic rings. The summed E-state index contributed by atoms with van der Waals surface area (Å²) in [4.78, 5) is 23.9. The average Bonchev–Trinajstić information content (AvgIpc) is 2.29. The zero-order valence-corrected chi connectivity index (χ0v) is 10.9. The topological polar surface area (TPSA) is 69.6 Å². The van der Waals surface area contributed by atoms with Crippen LogP contribution in [0.1, 0.15) is 39.5 Å². The van der Waals surface area contributed by atoms with Crippen LogP contribution >= 0.6 is 0 Å². The highest BCUT2D eigenvalue weighted by Gasteiger charge is 2.09. The van der Waals surface area contributed by atoms with Crippen LogP contribution in [-0.2, 0) is 9.59 Å². The van der Waals surface area contributed by atoms with Crippen molar-refractivity contribution >= 4 is 11.8 Å². The van der Waals surface area contributed by atoms with E-state index < -0.39 is 0 Å². The van der Waals surface area contributed by atoms with E-state index in [0.29, 0.717) is 26.1 Å². The molecule has 2 amide bonds. The van der Waals surface area contributed by atoms with Crippen molar-refractivity contribution in [1.29, 1.82) is 0 Å². The molecule has 5 heteroatoms. The van der Waals surface area contributed by atoms with Crippen LogP contribution in [0, 0.1) is 0 Å². The minimum Gasteiger partial charge on any atom is -0.395 e. The van der Waals surface area contributed by atoms with Gasteiger partial charge in [0.1, 0.15) is 0 Å². The summed E-state index contributed by atoms with van der Waals surface area (Å²) in [5, 5.41) is 11.5. The van der Waals surface area contributed by atoms with E-state index in [4.69, 9.17) is 5.11 Å². The third-order valence-electron chi connectivity index (χ3n) is 2.55. The number of aliphatic hydroxyl groups is 1. The molecule has 0 saturated carbocycles. The first-order chi connectivity index (χ1) is 8.11. The summed E-state index contributed by atoms with van der Waals surface area (Å²) in [5.74, 6) is 0.0854. The highest BCUT2D eigenvalue weighted by molar-refractivity contribution is 5.76. The molecule has 0 heterocycles. The van der Waals surface area contributed by atoms with Gasteiger partial charge in [0.2, 0.25) is 11.8 Å². The molecule has 0 atom stereocenters. The predicted molar refractivity (Wildman–Crippen MR) is 66.5 cm³/mol. The number of carbonyl (C=O) groups excluding carboxylic acids is 2. The molecule has 0 aromatic heterocycles. The second kappa shape index (κ2) is 10.1. The Morgan fingerprint density at radius 3 is 2.47 bits per heavy atom. The molecule has 0 aliphatic heterocycles. The molecule has 0 aromatic rings. The maximum absolute atomic E-state index is 11.7. The Morgan fingerprint density at radius 1 is 1.24 bits per heavy atom. The average molecular weight is 244 g/mol. The highest BCUT2D eigenvalue weighted by atomic mass is 16.3. The number of nitrogens with one attached hydrogen (secondary N) is 1. The summed E-state index contributed by atoms with van der Waals surface area (Å²) in [6.07, 6.45) is 3.19. The van der Waals surface area contributed by atoms with E-state index in [-0.39, 0.29) is 18.4 Å². The molecule has 100 valence electrons. The van der Waals surface area contributed by atoms with Gasteiger partial charge in [0.05, 0.1) is 6.61 Å². The van der Waals surface area contributed by atoms with Gasteiger partial charge in [-0.1, -0.05) is 6.42 Å². The zero-order valence-electron chi connectivity index (χ0n) is 10.9. The van der Waals surface area contributed by atoms with Crippen molar-refractivity contribution < 1.29 is 14.7 Å². The van der Waals surface area contributed by atoms with Crippen LogP contribution in [0.15, 0.2) is 0 Å². The summed E-state index contributed by atoms with van der Waals surface area (Å²) < 4.78 is 0. The van der Waals surface area contributed by atoms with Crippen LogP contribution in [-0.4, -0.2) is 48.1 Å². The van der Waals surface area contributed by atoms with Gasteiger partial charge >= 0.3 is 0 Å². The first kappa shape index (κ1) is 15.9. The molecule has 0 unspecified atom stereocenters. The van der Waals surface area contributed by atoms with Crippen molar-refractivity contribution in [3.8, 4) is 0 Å². The SMILES string of the molecule is CCN(CCO)C(=O)CCCCCNC(C)=O. The Hall–Kier alpha value is -1.10. The molecule has 17 heavy (non-hydrogen) atoms. The molecule has 0 rings (SSSR count). The van der Waals surface area contributed by atoms with Crippen LogP contribution in [0.3, 0.4) is 0 Å². The van der Waals surface area contributed by atoms with Gasteiger partial charge in [0, 0.05) is 33.0 Å². The third-order valence-corrected chi connectivity index (χ3v) is 2.55. The Labute approximate surface area is 103 Å². The van der Waals surface area contributed by atoms with Gasteiger partial charge in [-0.15, -0.1) is 0 Å². The molecule has 5 nitrogen and oxygen atoms in total. The largest absolute Gasteiger partial charge is 0.395 e. The fraction of sp³-hybridized carbons (Fsp3) is 0.833. The van der Waals surface area contributed by atoms with Gasteiger partial charge in [-0.25, -0.2) is 0 Å². The van der Waals surface area contributed by atoms with Crippen LogP contribution in [0.2, 0.25) is 0 Å². The third kappa shape index (κ3) is 8.68. The van der Waals surface area contributed by atoms with Crippen molar-refractivity contribution in [2.75, 3.05) is 26.2 Å². The molecule has 0 bridgehead atoms. The molecule has 0 spiro atoms. The molecular weight excluding hydrogens is 220 g/mol. The molecule has 0 radical (unpaired) electrons. The van der Waals surface area contributed by atoms with Crippen molar-refractivity contribution in [1.82, 2.24) is 10.2 Å². The van der Waals surface area contributed by atoms with E-state index >= 15 is 0 Å². The first-order valence-electron chi connectivity index (χ1n) is 6.24. The van der Waals surface area contributed by atoms with Gasteiger partial charge in [0.15, 0.2) is 0 Å². The minimum atomic E-state index is -0.0128. The Kier molecular flexibility index (Phi) is 9.43. The highest BCUT2D eigenvalue weighted by Crippen LogP contribution is 2.03. The van der Waals surface area contributed by atoms with Gasteiger partial charge in [-0.3, -0.25) is 9.59 Å². The Morgan fingerprint density at radius 2 is 1.94 bits per heavy atom. The van der Waals surface area contributed by atoms with Gasteiger partial charge in [-0.2, -0.15) is 0 Å². The van der Waals surface area contributed by atoms with E-state index in [1.165, 1.54) is 6.92 Å². The standard InChI is InChI=1S/C12H24N2O3/c1-3-14(9-10-15)12(17)7-5-4-6-8-13-11(2)16/h15H,3-10H2,1-2H3,(H,13,16). The summed E-state index contributed by atoms with van der Waals surface area (Å²) >= 11 is 0. The predicted octanol–water partition coefficient (Wildman–Crippen LogP) is 0.524. The van der Waals surface area contributed by atoms with Crippen LogP contribution in [0.25, 0.3) is 0 Å². The molecule has 0 aromatic carbocycles. The minimum absolute atomic E-state index is 0.0128. The number of nitrogens with zero attached hydrogens (tertiary/aromatic N) is 1. The van der Waals surface area contributed by atoms with Gasteiger partial charge in [0.25, 0.3) is 0 Å². The van der Waals surface area contributed by atoms with Crippen molar-refractivity contribution in [3.05, 3.63) is 0 Å². The van der Waals surface area contributed by atoms with Crippen LogP contribution < -0.4 is 5.32 Å². The van der Waals surface area contributed by atoms with Crippen molar-refractivity contribution in [2.24, 2.45) is 0 Å². The number of hydrogen-bond acceptors (Lipinski definition) is 3. The normalized spacial score (nSPS) is 10.1. The number of amides is 2. The lowest BCUT2D eigenvalue weighted by Gasteiger charge is -2.19. The quantitative estimate of drug-likeness (QED) is 0.581. The van der Waals surface area contributed by atoms with E-state index in [1.807, 2.05) is 6.92 Å². The zero-order chi connectivity index (χ0) is 13.1. The molecule has 0 fully saturated rings. The molecule has 0 aliphatic carbocycles. The number of aliphatic hydroxyl groups excluding tert-OH is 1. The number of hydrogen-bond donors (Lipinski definition) is 2. The van der Waals surface area contributed by atoms with E-state index in [2.05, 4.69) is 5.32 Å². The second-order valence-corrected chi connectivity index (χ2v) is 3.99. The van der Waals surface area contributed by atoms with Gasteiger partial charge < -0.3 is 15.3 Å². The van der Waals surface area contributed by atoms with Crippen molar-refractivity contribution in [2.45, 2.75) is 39.5 Å². The number of rotatable bonds is 9. The molecule has 0 saturated heterocycles. The molecule has 2 N–H and O–H groups in total. The van der Waals surface area contributed by atoms with E-state index in [0.717, 1.165) is 19.3 Å². The summed E-state index contributed by atoms with van der Waals surface area (Å²) in [7, 11) is 0. The van der Waals surface area contributed by atoms with Crippen LogP contribution in [0.5, 0.6) is 0 Å². The number of unbranched alkanes of at least 4 members (excludes halogenated alkanes) is 2. The molecular formula is C12H24N2O3. The lowest BCUT2D eigenvalue weighted by atomic mass is 10.2. The second-order valence-electron chi connectivity index (χ2n) is 3.99. The summed E-state index contributed by atoms with van der Waals surface area (Å²) in [6.45, 7) is 5.16. The monoisotopic (exact) mass is 244 g/mol. The van der Waals surface area contributed by atoms with E-state index in [1.54, 1.807) is 4.90 Å². The fourth-order valence-electron chi connectivity index (χ4n) is 1.58. The lowest BCUT2D eigenvalue weighted by molar-refractivity contribution is -0.131. The number of carbonyl (C=O) groups is 2. The summed E-state index contributed by atoms with van der Waals surface area (Å²) in [6, 6.07) is 0. The van der Waals surface area contributed by atoms with Gasteiger partial charge in [-0.05, 0) is 19.8 Å². The van der Waals surface area contributed by atoms with E-state index in [9.17, 15) is 9.59 Å².